The number of rotatable bonds is 19. The molecule has 2 unspecified atom stereocenters. The number of carbonyl (C=O) groups is 6. The number of carbonyl (C=O) groups excluding carboxylic acids is 6. The number of ether oxygens (including phenoxy) is 23. The maximum atomic E-state index is 11.4. The number of hydrogen-bond acceptors (Lipinski definition) is 35. The molecule has 0 bridgehead atoms. The normalized spacial score (nSPS) is 39.6. The molecule has 107 heavy (non-hydrogen) atoms. The van der Waals surface area contributed by atoms with Gasteiger partial charge in [-0.15, -0.1) is 0 Å². The third-order valence-electron chi connectivity index (χ3n) is 18.3. The van der Waals surface area contributed by atoms with Crippen LogP contribution in [0.2, 0.25) is 0 Å². The molecule has 0 aromatic rings. The van der Waals surface area contributed by atoms with Crippen molar-refractivity contribution in [3.63, 3.8) is 0 Å². The Bertz CT molecular complexity index is 2470. The van der Waals surface area contributed by atoms with Crippen molar-refractivity contribution in [2.45, 2.75) is 300 Å². The number of aliphatic hydroxyl groups excluding tert-OH is 6. The van der Waals surface area contributed by atoms with Crippen molar-refractivity contribution in [3.05, 3.63) is 0 Å². The molecule has 12 rings (SSSR count). The van der Waals surface area contributed by atoms with E-state index in [2.05, 4.69) is 32.4 Å². The smallest absolute Gasteiger partial charge is 0.313 e. The molecular formula is C72H122O35. The molecule has 0 radical (unpaired) electrons. The molecular weight excluding hydrogens is 1420 g/mol. The lowest BCUT2D eigenvalue weighted by molar-refractivity contribution is -0.314. The van der Waals surface area contributed by atoms with Crippen molar-refractivity contribution < 1.29 is 168 Å². The van der Waals surface area contributed by atoms with Crippen LogP contribution in [-0.2, 0) is 138 Å². The number of fused-ring (bicyclic) bond motifs is 6. The summed E-state index contributed by atoms with van der Waals surface area (Å²) in [5.41, 5.74) is 0. The van der Waals surface area contributed by atoms with Gasteiger partial charge in [0.05, 0.1) is 138 Å². The highest BCUT2D eigenvalue weighted by molar-refractivity contribution is 5.94. The van der Waals surface area contributed by atoms with E-state index >= 15 is 0 Å². The Labute approximate surface area is 626 Å². The summed E-state index contributed by atoms with van der Waals surface area (Å²) in [6.07, 6.45) is -5.40. The molecule has 24 atom stereocenters. The first kappa shape index (κ1) is 91.9. The van der Waals surface area contributed by atoms with Gasteiger partial charge in [-0.2, -0.15) is 0 Å². The van der Waals surface area contributed by atoms with Crippen LogP contribution in [0.5, 0.6) is 0 Å². The number of esters is 5. The molecule has 0 aromatic heterocycles. The van der Waals surface area contributed by atoms with Crippen LogP contribution < -0.4 is 0 Å². The maximum absolute atomic E-state index is 11.4. The Hall–Kier alpha value is -3.94. The average Bonchev–Trinajstić information content (AvgIpc) is 1.75. The summed E-state index contributed by atoms with van der Waals surface area (Å²) in [5.74, 6) is -6.37. The van der Waals surface area contributed by atoms with Crippen LogP contribution >= 0.6 is 0 Å². The fourth-order valence-electron chi connectivity index (χ4n) is 13.6. The van der Waals surface area contributed by atoms with Crippen LogP contribution in [0.1, 0.15) is 156 Å². The molecule has 12 fully saturated rings. The molecule has 620 valence electrons. The largest absolute Gasteiger partial charge is 0.466 e. The second-order valence-corrected chi connectivity index (χ2v) is 29.6. The minimum absolute atomic E-state index is 0.0107. The highest BCUT2D eigenvalue weighted by atomic mass is 16.8. The van der Waals surface area contributed by atoms with Crippen molar-refractivity contribution in [2.75, 3.05) is 112 Å². The number of aliphatic hydroxyl groups is 6. The van der Waals surface area contributed by atoms with E-state index in [0.29, 0.717) is 97.7 Å². The van der Waals surface area contributed by atoms with Gasteiger partial charge in [0.25, 0.3) is 0 Å². The zero-order valence-corrected chi connectivity index (χ0v) is 65.0. The van der Waals surface area contributed by atoms with E-state index in [-0.39, 0.29) is 137 Å². The van der Waals surface area contributed by atoms with Gasteiger partial charge in [0, 0.05) is 12.8 Å². The van der Waals surface area contributed by atoms with Gasteiger partial charge in [-0.1, -0.05) is 27.7 Å². The molecule has 35 nitrogen and oxygen atoms in total. The third-order valence-corrected chi connectivity index (χ3v) is 18.3. The zero-order chi connectivity index (χ0) is 79.2. The van der Waals surface area contributed by atoms with Crippen molar-refractivity contribution in [2.24, 2.45) is 11.8 Å². The Kier molecular flexibility index (Phi) is 36.3. The zero-order valence-electron chi connectivity index (χ0n) is 65.0. The molecule has 6 N–H and O–H groups in total. The lowest BCUT2D eigenvalue weighted by Crippen LogP contribution is -2.52. The highest BCUT2D eigenvalue weighted by Gasteiger charge is 2.54. The molecule has 12 aliphatic rings. The quantitative estimate of drug-likeness (QED) is 0.0609. The van der Waals surface area contributed by atoms with Crippen LogP contribution in [-0.4, -0.2) is 323 Å². The van der Waals surface area contributed by atoms with Crippen molar-refractivity contribution in [1.82, 2.24) is 0 Å². The van der Waals surface area contributed by atoms with Crippen LogP contribution in [0.25, 0.3) is 0 Å². The second-order valence-electron chi connectivity index (χ2n) is 29.6. The first-order valence-corrected chi connectivity index (χ1v) is 37.3. The molecule has 0 aliphatic carbocycles. The average molecular weight is 1550 g/mol. The Morgan fingerprint density at radius 3 is 0.664 bits per heavy atom. The predicted molar refractivity (Wildman–Crippen MR) is 366 cm³/mol. The number of hydrogen-bond donors (Lipinski definition) is 6. The van der Waals surface area contributed by atoms with E-state index < -0.39 is 102 Å². The third kappa shape index (κ3) is 28.6. The van der Waals surface area contributed by atoms with Gasteiger partial charge in [0.1, 0.15) is 122 Å². The minimum Gasteiger partial charge on any atom is -0.466 e. The van der Waals surface area contributed by atoms with Crippen molar-refractivity contribution >= 4 is 35.6 Å². The van der Waals surface area contributed by atoms with Gasteiger partial charge in [-0.05, 0) is 94.9 Å². The molecule has 12 saturated heterocycles. The molecule has 0 amide bonds. The number of ketones is 1. The van der Waals surface area contributed by atoms with Crippen LogP contribution in [0, 0.1) is 11.8 Å². The van der Waals surface area contributed by atoms with Crippen LogP contribution in [0.15, 0.2) is 0 Å². The summed E-state index contributed by atoms with van der Waals surface area (Å²) in [6, 6.07) is 0. The van der Waals surface area contributed by atoms with Gasteiger partial charge in [0.15, 0.2) is 34.7 Å². The topological polar surface area (TPSA) is 436 Å². The lowest BCUT2D eigenvalue weighted by Gasteiger charge is -2.41. The summed E-state index contributed by atoms with van der Waals surface area (Å²) in [4.78, 5) is 66.3. The van der Waals surface area contributed by atoms with E-state index in [0.717, 1.165) is 12.8 Å². The van der Waals surface area contributed by atoms with Gasteiger partial charge in [0.2, 0.25) is 0 Å². The predicted octanol–water partition coefficient (Wildman–Crippen LogP) is 1.70. The summed E-state index contributed by atoms with van der Waals surface area (Å²) in [7, 11) is 0. The molecule has 35 heteroatoms. The van der Waals surface area contributed by atoms with Crippen molar-refractivity contribution in [3.8, 4) is 0 Å². The Morgan fingerprint density at radius 2 is 0.486 bits per heavy atom. The van der Waals surface area contributed by atoms with Gasteiger partial charge in [-0.3, -0.25) is 28.8 Å². The van der Waals surface area contributed by atoms with Gasteiger partial charge < -0.3 is 140 Å². The molecule has 0 aromatic carbocycles. The first-order valence-electron chi connectivity index (χ1n) is 37.3. The molecule has 12 aliphatic heterocycles. The second kappa shape index (κ2) is 42.3. The minimum atomic E-state index is -1.04. The van der Waals surface area contributed by atoms with Gasteiger partial charge >= 0.3 is 29.8 Å². The maximum Gasteiger partial charge on any atom is 0.313 e. The van der Waals surface area contributed by atoms with E-state index in [1.165, 1.54) is 6.92 Å². The van der Waals surface area contributed by atoms with Crippen molar-refractivity contribution in [1.29, 1.82) is 0 Å². The Balaban J connectivity index is 0.000000197. The van der Waals surface area contributed by atoms with E-state index in [1.807, 2.05) is 13.8 Å². The summed E-state index contributed by atoms with van der Waals surface area (Å²) < 4.78 is 123. The summed E-state index contributed by atoms with van der Waals surface area (Å²) in [6.45, 7) is 34.8. The SMILES string of the molecule is CC(C)CC1(C)OC[C@@H]2OC[C@@H](O)[C@@H]2O1.CC(C)CC1(C)OC[C@H]2OC[C@H](O)[C@H]2O1.CCOC(=O)CC(C)=O.CCOC(=O)C[C@@]1(C)OC[C@@H]2OC[C@@H](O)[C@@H]2O1.CCOC(=O)C[C@@]1(C)OC[C@H]2OC[C@H](O)[C@H]2O1.CCOC(=O)C[C@]1(C)OC[C@@H]2OC[C@@H](O)[C@@H]2O1.CCOC(=O)C[C@]1(C)OC[C@H]2OC[C@H](O)[C@H]2O1. The highest BCUT2D eigenvalue weighted by Crippen LogP contribution is 2.39. The molecule has 12 heterocycles. The standard InChI is InChI=1S/4C11H18O6.2C11H20O4.C6H10O3/c4*1-3-14-9(13)4-11(2)16-6-8-10(17-11)7(12)5-15-8;2*1-7(2)4-11(3)14-6-9-10(15-11)8(12)5-13-9;1-3-9-6(8)4-5(2)7/h4*7-8,10,12H,3-6H2,1-2H3;2*7-10,12H,4-6H2,1-3H3;3-4H2,1-2H3/t2*7-,8+,10+,11+;2*7-,8+,10+,11-;2*8-,9+,10+,11?;/m101010./s1. The first-order chi connectivity index (χ1) is 50.3. The molecule has 0 saturated carbocycles. The fourth-order valence-corrected chi connectivity index (χ4v) is 13.6. The van der Waals surface area contributed by atoms with Crippen LogP contribution in [0.4, 0.5) is 0 Å². The number of Topliss-reactive ketones (excluding diaryl/α,β-unsaturated/α-hetero) is 1. The summed E-state index contributed by atoms with van der Waals surface area (Å²) >= 11 is 0. The monoisotopic (exact) mass is 1550 g/mol. The van der Waals surface area contributed by atoms with Crippen LogP contribution in [0.3, 0.4) is 0 Å². The van der Waals surface area contributed by atoms with Gasteiger partial charge in [-0.25, -0.2) is 0 Å². The van der Waals surface area contributed by atoms with E-state index in [1.54, 1.807) is 62.3 Å². The summed E-state index contributed by atoms with van der Waals surface area (Å²) in [5, 5.41) is 58.1. The lowest BCUT2D eigenvalue weighted by atomic mass is 10.0. The Morgan fingerprint density at radius 1 is 0.308 bits per heavy atom. The fraction of sp³-hybridized carbons (Fsp3) is 0.917. The van der Waals surface area contributed by atoms with E-state index in [4.69, 9.17) is 104 Å². The van der Waals surface area contributed by atoms with E-state index in [9.17, 15) is 59.4 Å². The molecule has 0 spiro atoms.